The highest BCUT2D eigenvalue weighted by atomic mass is 32.2. The van der Waals surface area contributed by atoms with E-state index in [9.17, 15) is 5.11 Å². The molecule has 0 saturated carbocycles. The molecular weight excluding hydrogens is 252 g/mol. The molecule has 0 aromatic heterocycles. The summed E-state index contributed by atoms with van der Waals surface area (Å²) < 4.78 is 10.4. The molecule has 1 fully saturated rings. The maximum atomic E-state index is 9.88. The molecule has 1 aromatic carbocycles. The zero-order valence-corrected chi connectivity index (χ0v) is 11.1. The molecule has 5 heteroatoms. The standard InChI is InChI=1S/C13H18O4S/c1-16-10-4-2-9(3-5-10)8-18-12-7-17-11(6-14)13(12)15/h2-5,11-15H,6-8H2,1H3/t11-,12-,13-/m0/s1. The fraction of sp³-hybridized carbons (Fsp3) is 0.538. The number of hydrogen-bond donors (Lipinski definition) is 2. The van der Waals surface area contributed by atoms with Gasteiger partial charge in [-0.2, -0.15) is 0 Å². The van der Waals surface area contributed by atoms with Gasteiger partial charge in [0.2, 0.25) is 0 Å². The number of aliphatic hydroxyl groups excluding tert-OH is 2. The van der Waals surface area contributed by atoms with Crippen molar-refractivity contribution in [1.82, 2.24) is 0 Å². The van der Waals surface area contributed by atoms with E-state index in [0.717, 1.165) is 11.5 Å². The van der Waals surface area contributed by atoms with E-state index in [2.05, 4.69) is 0 Å². The van der Waals surface area contributed by atoms with Gasteiger partial charge >= 0.3 is 0 Å². The van der Waals surface area contributed by atoms with Crippen molar-refractivity contribution in [2.24, 2.45) is 0 Å². The lowest BCUT2D eigenvalue weighted by Gasteiger charge is -2.15. The molecule has 1 aliphatic rings. The minimum absolute atomic E-state index is 0.0317. The first-order valence-electron chi connectivity index (χ1n) is 5.89. The van der Waals surface area contributed by atoms with Crippen LogP contribution in [-0.4, -0.2) is 48.0 Å². The van der Waals surface area contributed by atoms with Crippen LogP contribution in [0.25, 0.3) is 0 Å². The Kier molecular flexibility index (Phi) is 4.88. The lowest BCUT2D eigenvalue weighted by atomic mass is 10.2. The predicted molar refractivity (Wildman–Crippen MR) is 70.9 cm³/mol. The third kappa shape index (κ3) is 3.17. The Balaban J connectivity index is 1.84. The molecular formula is C13H18O4S. The minimum atomic E-state index is -0.585. The number of aliphatic hydroxyl groups is 2. The van der Waals surface area contributed by atoms with E-state index in [1.54, 1.807) is 18.9 Å². The topological polar surface area (TPSA) is 58.9 Å². The third-order valence-corrected chi connectivity index (χ3v) is 4.38. The van der Waals surface area contributed by atoms with Crippen molar-refractivity contribution in [2.45, 2.75) is 23.2 Å². The van der Waals surface area contributed by atoms with Crippen LogP contribution in [0.15, 0.2) is 24.3 Å². The molecule has 18 heavy (non-hydrogen) atoms. The first-order chi connectivity index (χ1) is 8.74. The molecule has 3 atom stereocenters. The Morgan fingerprint density at radius 3 is 2.67 bits per heavy atom. The van der Waals surface area contributed by atoms with E-state index in [1.165, 1.54) is 5.56 Å². The Labute approximate surface area is 111 Å². The van der Waals surface area contributed by atoms with Crippen LogP contribution in [0.1, 0.15) is 5.56 Å². The summed E-state index contributed by atoms with van der Waals surface area (Å²) in [5.74, 6) is 1.65. The van der Waals surface area contributed by atoms with Gasteiger partial charge in [-0.1, -0.05) is 12.1 Å². The van der Waals surface area contributed by atoms with E-state index in [-0.39, 0.29) is 11.9 Å². The van der Waals surface area contributed by atoms with Crippen molar-refractivity contribution in [1.29, 1.82) is 0 Å². The van der Waals surface area contributed by atoms with Crippen molar-refractivity contribution in [3.63, 3.8) is 0 Å². The van der Waals surface area contributed by atoms with Crippen LogP contribution in [0.4, 0.5) is 0 Å². The lowest BCUT2D eigenvalue weighted by molar-refractivity contribution is 0.00428. The van der Waals surface area contributed by atoms with E-state index < -0.39 is 12.2 Å². The number of hydrogen-bond acceptors (Lipinski definition) is 5. The maximum absolute atomic E-state index is 9.88. The number of methoxy groups -OCH3 is 1. The molecule has 2 N–H and O–H groups in total. The van der Waals surface area contributed by atoms with Gasteiger partial charge in [-0.3, -0.25) is 0 Å². The molecule has 0 spiro atoms. The van der Waals surface area contributed by atoms with Gasteiger partial charge in [-0.15, -0.1) is 11.8 Å². The van der Waals surface area contributed by atoms with Crippen molar-refractivity contribution in [3.05, 3.63) is 29.8 Å². The highest BCUT2D eigenvalue weighted by Crippen LogP contribution is 2.28. The summed E-state index contributed by atoms with van der Waals surface area (Å²) in [5, 5.41) is 18.9. The smallest absolute Gasteiger partial charge is 0.118 e. The number of benzene rings is 1. The van der Waals surface area contributed by atoms with Crippen LogP contribution in [0.3, 0.4) is 0 Å². The molecule has 0 unspecified atom stereocenters. The number of thioether (sulfide) groups is 1. The van der Waals surface area contributed by atoms with Gasteiger partial charge < -0.3 is 19.7 Å². The molecule has 1 aromatic rings. The van der Waals surface area contributed by atoms with Crippen LogP contribution in [0.2, 0.25) is 0 Å². The maximum Gasteiger partial charge on any atom is 0.118 e. The van der Waals surface area contributed by atoms with Gasteiger partial charge in [0.05, 0.1) is 31.7 Å². The summed E-state index contributed by atoms with van der Waals surface area (Å²) in [4.78, 5) is 0. The van der Waals surface area contributed by atoms with Gasteiger partial charge in [0.1, 0.15) is 11.9 Å². The van der Waals surface area contributed by atoms with Crippen LogP contribution in [0, 0.1) is 0 Å². The zero-order chi connectivity index (χ0) is 13.0. The average Bonchev–Trinajstić information content (AvgIpc) is 2.77. The molecule has 100 valence electrons. The Morgan fingerprint density at radius 2 is 2.11 bits per heavy atom. The highest BCUT2D eigenvalue weighted by Gasteiger charge is 2.35. The Morgan fingerprint density at radius 1 is 1.39 bits per heavy atom. The van der Waals surface area contributed by atoms with Gasteiger partial charge in [0.15, 0.2) is 0 Å². The highest BCUT2D eigenvalue weighted by molar-refractivity contribution is 7.99. The monoisotopic (exact) mass is 270 g/mol. The quantitative estimate of drug-likeness (QED) is 0.837. The van der Waals surface area contributed by atoms with Crippen LogP contribution >= 0.6 is 11.8 Å². The van der Waals surface area contributed by atoms with Gasteiger partial charge in [-0.05, 0) is 17.7 Å². The Hall–Kier alpha value is -0.750. The zero-order valence-electron chi connectivity index (χ0n) is 10.3. The second-order valence-electron chi connectivity index (χ2n) is 4.24. The normalized spacial score (nSPS) is 27.4. The fourth-order valence-corrected chi connectivity index (χ4v) is 3.03. The fourth-order valence-electron chi connectivity index (χ4n) is 1.89. The lowest BCUT2D eigenvalue weighted by Crippen LogP contribution is -2.30. The number of ether oxygens (including phenoxy) is 2. The largest absolute Gasteiger partial charge is 0.497 e. The second kappa shape index (κ2) is 6.43. The predicted octanol–water partition coefficient (Wildman–Crippen LogP) is 1.05. The molecule has 1 aliphatic heterocycles. The van der Waals surface area contributed by atoms with Gasteiger partial charge in [0.25, 0.3) is 0 Å². The van der Waals surface area contributed by atoms with E-state index in [4.69, 9.17) is 14.6 Å². The van der Waals surface area contributed by atoms with Gasteiger partial charge in [-0.25, -0.2) is 0 Å². The molecule has 0 amide bonds. The third-order valence-electron chi connectivity index (χ3n) is 3.04. The van der Waals surface area contributed by atoms with Crippen LogP contribution in [0.5, 0.6) is 5.75 Å². The van der Waals surface area contributed by atoms with E-state index >= 15 is 0 Å². The molecule has 1 saturated heterocycles. The Bertz CT molecular complexity index is 368. The van der Waals surface area contributed by atoms with Crippen molar-refractivity contribution >= 4 is 11.8 Å². The summed E-state index contributed by atoms with van der Waals surface area (Å²) in [6.07, 6.45) is -1.02. The van der Waals surface area contributed by atoms with Crippen molar-refractivity contribution < 1.29 is 19.7 Å². The van der Waals surface area contributed by atoms with E-state index in [0.29, 0.717) is 6.61 Å². The molecule has 1 heterocycles. The second-order valence-corrected chi connectivity index (χ2v) is 5.47. The summed E-state index contributed by atoms with van der Waals surface area (Å²) in [6.45, 7) is 0.369. The van der Waals surface area contributed by atoms with E-state index in [1.807, 2.05) is 24.3 Å². The summed E-state index contributed by atoms with van der Waals surface area (Å²) >= 11 is 1.65. The SMILES string of the molecule is COc1ccc(CS[C@H]2CO[C@@H](CO)[C@@H]2O)cc1. The first kappa shape index (κ1) is 13.7. The summed E-state index contributed by atoms with van der Waals surface area (Å²) in [6, 6.07) is 7.87. The number of rotatable bonds is 5. The minimum Gasteiger partial charge on any atom is -0.497 e. The van der Waals surface area contributed by atoms with Gasteiger partial charge in [0, 0.05) is 5.75 Å². The molecule has 0 bridgehead atoms. The summed E-state index contributed by atoms with van der Waals surface area (Å²) in [7, 11) is 1.64. The molecule has 0 radical (unpaired) electrons. The molecule has 2 rings (SSSR count). The molecule has 0 aliphatic carbocycles. The molecule has 4 nitrogen and oxygen atoms in total. The first-order valence-corrected chi connectivity index (χ1v) is 6.94. The summed E-state index contributed by atoms with van der Waals surface area (Å²) in [5.41, 5.74) is 1.18. The van der Waals surface area contributed by atoms with Crippen molar-refractivity contribution in [3.8, 4) is 5.75 Å². The van der Waals surface area contributed by atoms with Crippen LogP contribution < -0.4 is 4.74 Å². The van der Waals surface area contributed by atoms with Crippen LogP contribution in [-0.2, 0) is 10.5 Å². The average molecular weight is 270 g/mol. The van der Waals surface area contributed by atoms with Crippen molar-refractivity contribution in [2.75, 3.05) is 20.3 Å².